The van der Waals surface area contributed by atoms with Gasteiger partial charge in [0.1, 0.15) is 5.75 Å². The predicted molar refractivity (Wildman–Crippen MR) is 79.9 cm³/mol. The summed E-state index contributed by atoms with van der Waals surface area (Å²) in [5.41, 5.74) is 0.837. The van der Waals surface area contributed by atoms with Gasteiger partial charge >= 0.3 is 0 Å². The lowest BCUT2D eigenvalue weighted by atomic mass is 10.0. The first-order valence-electron chi connectivity index (χ1n) is 5.83. The quantitative estimate of drug-likeness (QED) is 0.369. The van der Waals surface area contributed by atoms with Crippen LogP contribution in [0.5, 0.6) is 5.75 Å². The summed E-state index contributed by atoms with van der Waals surface area (Å²) in [6.07, 6.45) is 0. The van der Waals surface area contributed by atoms with Gasteiger partial charge in [-0.2, -0.15) is 0 Å². The summed E-state index contributed by atoms with van der Waals surface area (Å²) in [5, 5.41) is 0. The molecule has 3 nitrogen and oxygen atoms in total. The normalized spacial score (nSPS) is 14.3. The van der Waals surface area contributed by atoms with Gasteiger partial charge in [0.15, 0.2) is 11.6 Å². The van der Waals surface area contributed by atoms with Gasteiger partial charge in [0.2, 0.25) is 0 Å². The average Bonchev–Trinajstić information content (AvgIpc) is 2.92. The smallest absolute Gasteiger partial charge is 0.198 e. The fraction of sp³-hybridized carbons (Fsp3) is 0.286. The summed E-state index contributed by atoms with van der Waals surface area (Å²) in [4.78, 5) is 24.2. The number of hydrogen-bond donors (Lipinski definition) is 0. The Labute approximate surface area is 120 Å². The predicted octanol–water partition coefficient (Wildman–Crippen LogP) is 3.16. The van der Waals surface area contributed by atoms with Crippen LogP contribution in [0.15, 0.2) is 34.1 Å². The van der Waals surface area contributed by atoms with Gasteiger partial charge in [0.25, 0.3) is 0 Å². The molecule has 0 atom stereocenters. The number of carbonyl (C=O) groups is 2. The lowest BCUT2D eigenvalue weighted by Crippen LogP contribution is -2.11. The average molecular weight is 294 g/mol. The van der Waals surface area contributed by atoms with Crippen LogP contribution < -0.4 is 4.74 Å². The first-order chi connectivity index (χ1) is 9.13. The SMILES string of the molecule is COc1ccc(C(=O)C(C(C)=O)=C2SCCS2)cc1. The fourth-order valence-corrected chi connectivity index (χ4v) is 4.37. The Morgan fingerprint density at radius 1 is 1.11 bits per heavy atom. The van der Waals surface area contributed by atoms with E-state index in [4.69, 9.17) is 4.74 Å². The van der Waals surface area contributed by atoms with E-state index in [1.54, 1.807) is 54.9 Å². The van der Waals surface area contributed by atoms with Crippen molar-refractivity contribution in [3.05, 3.63) is 39.6 Å². The molecular formula is C14H14O3S2. The third-order valence-electron chi connectivity index (χ3n) is 2.69. The molecule has 0 radical (unpaired) electrons. The maximum atomic E-state index is 12.4. The molecule has 0 aromatic heterocycles. The number of allylic oxidation sites excluding steroid dienone is 1. The van der Waals surface area contributed by atoms with Crippen LogP contribution in [-0.4, -0.2) is 30.2 Å². The van der Waals surface area contributed by atoms with Crippen molar-refractivity contribution in [2.45, 2.75) is 6.92 Å². The van der Waals surface area contributed by atoms with Crippen molar-refractivity contribution in [3.8, 4) is 5.75 Å². The molecule has 0 N–H and O–H groups in total. The minimum absolute atomic E-state index is 0.169. The number of methoxy groups -OCH3 is 1. The molecular weight excluding hydrogens is 280 g/mol. The first-order valence-corrected chi connectivity index (χ1v) is 7.80. The van der Waals surface area contributed by atoms with Crippen molar-refractivity contribution in [2.24, 2.45) is 0 Å². The molecule has 0 spiro atoms. The second-order valence-corrected chi connectivity index (χ2v) is 6.44. The zero-order valence-electron chi connectivity index (χ0n) is 10.8. The highest BCUT2D eigenvalue weighted by atomic mass is 32.2. The van der Waals surface area contributed by atoms with E-state index in [2.05, 4.69) is 0 Å². The summed E-state index contributed by atoms with van der Waals surface area (Å²) < 4.78 is 5.91. The third kappa shape index (κ3) is 3.22. The Morgan fingerprint density at radius 2 is 1.68 bits per heavy atom. The molecule has 100 valence electrons. The molecule has 1 aliphatic heterocycles. The van der Waals surface area contributed by atoms with Crippen LogP contribution in [0.25, 0.3) is 0 Å². The van der Waals surface area contributed by atoms with E-state index in [0.29, 0.717) is 16.9 Å². The molecule has 2 rings (SSSR count). The number of rotatable bonds is 4. The maximum Gasteiger partial charge on any atom is 0.198 e. The van der Waals surface area contributed by atoms with Crippen molar-refractivity contribution in [1.82, 2.24) is 0 Å². The molecule has 1 fully saturated rings. The summed E-state index contributed by atoms with van der Waals surface area (Å²) in [6, 6.07) is 6.83. The summed E-state index contributed by atoms with van der Waals surface area (Å²) in [7, 11) is 1.58. The topological polar surface area (TPSA) is 43.4 Å². The van der Waals surface area contributed by atoms with E-state index in [0.717, 1.165) is 15.7 Å². The monoisotopic (exact) mass is 294 g/mol. The van der Waals surface area contributed by atoms with E-state index in [-0.39, 0.29) is 11.6 Å². The molecule has 0 bridgehead atoms. The summed E-state index contributed by atoms with van der Waals surface area (Å²) in [5.74, 6) is 2.22. The van der Waals surface area contributed by atoms with Crippen LogP contribution in [0.3, 0.4) is 0 Å². The maximum absolute atomic E-state index is 12.4. The fourth-order valence-electron chi connectivity index (χ4n) is 1.74. The second-order valence-electron chi connectivity index (χ2n) is 3.97. The highest BCUT2D eigenvalue weighted by molar-refractivity contribution is 8.25. The van der Waals surface area contributed by atoms with Gasteiger partial charge < -0.3 is 4.74 Å². The second kappa shape index (κ2) is 6.30. The Hall–Kier alpha value is -1.20. The Bertz CT molecular complexity index is 524. The van der Waals surface area contributed by atoms with Gasteiger partial charge in [-0.1, -0.05) is 0 Å². The Kier molecular flexibility index (Phi) is 4.71. The van der Waals surface area contributed by atoms with Crippen LogP contribution in [0.1, 0.15) is 17.3 Å². The zero-order chi connectivity index (χ0) is 13.8. The largest absolute Gasteiger partial charge is 0.497 e. The van der Waals surface area contributed by atoms with Crippen molar-refractivity contribution in [3.63, 3.8) is 0 Å². The van der Waals surface area contributed by atoms with Crippen LogP contribution in [-0.2, 0) is 4.79 Å². The Morgan fingerprint density at radius 3 is 2.16 bits per heavy atom. The molecule has 1 saturated heterocycles. The number of carbonyl (C=O) groups excluding carboxylic acids is 2. The molecule has 0 amide bonds. The van der Waals surface area contributed by atoms with Crippen LogP contribution in [0, 0.1) is 0 Å². The molecule has 1 aliphatic rings. The summed E-state index contributed by atoms with van der Waals surface area (Å²) in [6.45, 7) is 1.45. The number of ether oxygens (including phenoxy) is 1. The first kappa shape index (κ1) is 14.2. The molecule has 19 heavy (non-hydrogen) atoms. The van der Waals surface area contributed by atoms with Gasteiger partial charge in [0.05, 0.1) is 16.9 Å². The van der Waals surface area contributed by atoms with Crippen molar-refractivity contribution >= 4 is 35.1 Å². The summed E-state index contributed by atoms with van der Waals surface area (Å²) >= 11 is 3.17. The molecule has 0 unspecified atom stereocenters. The van der Waals surface area contributed by atoms with Gasteiger partial charge in [-0.15, -0.1) is 23.5 Å². The standard InChI is InChI=1S/C14H14O3S2/c1-9(15)12(14-18-7-8-19-14)13(16)10-3-5-11(17-2)6-4-10/h3-6H,7-8H2,1-2H3. The number of Topliss-reactive ketones (excluding diaryl/α,β-unsaturated/α-hetero) is 2. The Balaban J connectivity index is 2.34. The lowest BCUT2D eigenvalue weighted by molar-refractivity contribution is -0.113. The van der Waals surface area contributed by atoms with Gasteiger partial charge in [-0.25, -0.2) is 0 Å². The third-order valence-corrected chi connectivity index (χ3v) is 5.40. The highest BCUT2D eigenvalue weighted by Gasteiger charge is 2.24. The van der Waals surface area contributed by atoms with Crippen LogP contribution in [0.4, 0.5) is 0 Å². The zero-order valence-corrected chi connectivity index (χ0v) is 12.4. The van der Waals surface area contributed by atoms with E-state index < -0.39 is 0 Å². The van der Waals surface area contributed by atoms with Crippen LogP contribution in [0.2, 0.25) is 0 Å². The molecule has 5 heteroatoms. The van der Waals surface area contributed by atoms with E-state index in [1.807, 2.05) is 0 Å². The van der Waals surface area contributed by atoms with Crippen molar-refractivity contribution in [1.29, 1.82) is 0 Å². The number of thioether (sulfide) groups is 2. The van der Waals surface area contributed by atoms with Crippen molar-refractivity contribution < 1.29 is 14.3 Å². The molecule has 0 saturated carbocycles. The number of hydrogen-bond acceptors (Lipinski definition) is 5. The molecule has 1 heterocycles. The van der Waals surface area contributed by atoms with E-state index in [9.17, 15) is 9.59 Å². The van der Waals surface area contributed by atoms with E-state index >= 15 is 0 Å². The minimum atomic E-state index is -0.202. The van der Waals surface area contributed by atoms with Gasteiger partial charge in [0, 0.05) is 17.1 Å². The lowest BCUT2D eigenvalue weighted by Gasteiger charge is -2.07. The van der Waals surface area contributed by atoms with Gasteiger partial charge in [-0.05, 0) is 31.2 Å². The number of benzene rings is 1. The minimum Gasteiger partial charge on any atom is -0.497 e. The van der Waals surface area contributed by atoms with Crippen LogP contribution >= 0.6 is 23.5 Å². The van der Waals surface area contributed by atoms with Crippen molar-refractivity contribution in [2.75, 3.05) is 18.6 Å². The highest BCUT2D eigenvalue weighted by Crippen LogP contribution is 2.39. The number of ketones is 2. The molecule has 0 aliphatic carbocycles. The molecule has 1 aromatic carbocycles. The van der Waals surface area contributed by atoms with E-state index in [1.165, 1.54) is 6.92 Å². The van der Waals surface area contributed by atoms with Gasteiger partial charge in [-0.3, -0.25) is 9.59 Å². The molecule has 1 aromatic rings.